The highest BCUT2D eigenvalue weighted by Crippen LogP contribution is 2.35. The van der Waals surface area contributed by atoms with E-state index in [4.69, 9.17) is 0 Å². The van der Waals surface area contributed by atoms with Crippen molar-refractivity contribution in [3.8, 4) is 5.75 Å². The fourth-order valence-electron chi connectivity index (χ4n) is 3.40. The molecule has 1 atom stereocenters. The second-order valence-corrected chi connectivity index (χ2v) is 7.78. The van der Waals surface area contributed by atoms with Crippen LogP contribution in [0.2, 0.25) is 0 Å². The number of carbonyl (C=O) groups is 1. The minimum absolute atomic E-state index is 0.0970. The summed E-state index contributed by atoms with van der Waals surface area (Å²) in [5.74, 6) is 0.407. The molecule has 2 heterocycles. The minimum Gasteiger partial charge on any atom is -0.508 e. The number of aromatic hydroxyl groups is 1. The molecule has 0 saturated carbocycles. The number of nitrogens with zero attached hydrogens (tertiary/aromatic N) is 1. The Morgan fingerprint density at radius 1 is 1.18 bits per heavy atom. The van der Waals surface area contributed by atoms with Gasteiger partial charge >= 0.3 is 0 Å². The number of benzene rings is 2. The second kappa shape index (κ2) is 7.52. The summed E-state index contributed by atoms with van der Waals surface area (Å²) in [5.41, 5.74) is 3.16. The van der Waals surface area contributed by atoms with Gasteiger partial charge in [-0.15, -0.1) is 0 Å². The van der Waals surface area contributed by atoms with Gasteiger partial charge in [0.15, 0.2) is 5.16 Å². The van der Waals surface area contributed by atoms with Gasteiger partial charge in [0, 0.05) is 18.1 Å². The fraction of sp³-hybridized carbons (Fsp3) is 0.190. The Balaban J connectivity index is 1.66. The lowest BCUT2D eigenvalue weighted by atomic mass is 9.87. The summed E-state index contributed by atoms with van der Waals surface area (Å²) in [5, 5.41) is 12.9. The molecule has 0 fully saturated rings. The number of thioether (sulfide) groups is 1. The Morgan fingerprint density at radius 3 is 2.79 bits per heavy atom. The molecule has 3 N–H and O–H groups in total. The first kappa shape index (κ1) is 18.3. The normalized spacial score (nSPS) is 15.8. The average molecular weight is 393 g/mol. The van der Waals surface area contributed by atoms with Gasteiger partial charge in [0.1, 0.15) is 11.6 Å². The summed E-state index contributed by atoms with van der Waals surface area (Å²) >= 11 is 1.41. The van der Waals surface area contributed by atoms with Crippen LogP contribution in [0.3, 0.4) is 0 Å². The number of hydrogen-bond acceptors (Lipinski definition) is 5. The molecule has 1 aromatic heterocycles. The highest BCUT2D eigenvalue weighted by Gasteiger charge is 2.31. The standard InChI is InChI=1S/C21H19N3O3S/c1-12-4-2-5-13(8-12)11-28-21-23-19-18(20(27)24-21)16(10-17(26)22-19)14-6-3-7-15(25)9-14/h2-9,16,25H,10-11H2,1H3,(H2,22,23,24,26,27)/t16-/m1/s1. The van der Waals surface area contributed by atoms with E-state index in [0.717, 1.165) is 5.56 Å². The van der Waals surface area contributed by atoms with Gasteiger partial charge in [0.2, 0.25) is 5.91 Å². The quantitative estimate of drug-likeness (QED) is 0.465. The molecule has 6 nitrogen and oxygen atoms in total. The third-order valence-corrected chi connectivity index (χ3v) is 5.60. The Bertz CT molecular complexity index is 1110. The Kier molecular flexibility index (Phi) is 4.92. The van der Waals surface area contributed by atoms with Gasteiger partial charge in [-0.3, -0.25) is 9.59 Å². The van der Waals surface area contributed by atoms with Gasteiger partial charge in [0.25, 0.3) is 5.56 Å². The van der Waals surface area contributed by atoms with Crippen LogP contribution >= 0.6 is 11.8 Å². The Labute approximate surface area is 166 Å². The smallest absolute Gasteiger partial charge is 0.257 e. The first-order valence-corrected chi connectivity index (χ1v) is 9.89. The third-order valence-electron chi connectivity index (χ3n) is 4.66. The van der Waals surface area contributed by atoms with Crippen molar-refractivity contribution in [2.75, 3.05) is 5.32 Å². The van der Waals surface area contributed by atoms with Crippen LogP contribution < -0.4 is 10.9 Å². The first-order chi connectivity index (χ1) is 13.5. The lowest BCUT2D eigenvalue weighted by Crippen LogP contribution is -2.31. The van der Waals surface area contributed by atoms with Crippen LogP contribution in [0.1, 0.15) is 34.6 Å². The van der Waals surface area contributed by atoms with Gasteiger partial charge in [0.05, 0.1) is 5.56 Å². The number of phenolic OH excluding ortho intramolecular Hbond substituents is 1. The molecule has 142 valence electrons. The number of nitrogens with one attached hydrogen (secondary N) is 2. The predicted octanol–water partition coefficient (Wildman–Crippen LogP) is 3.55. The Hall–Kier alpha value is -3.06. The summed E-state index contributed by atoms with van der Waals surface area (Å²) in [4.78, 5) is 32.3. The van der Waals surface area contributed by atoms with Crippen molar-refractivity contribution >= 4 is 23.5 Å². The van der Waals surface area contributed by atoms with Gasteiger partial charge in [-0.05, 0) is 30.2 Å². The van der Waals surface area contributed by atoms with E-state index in [9.17, 15) is 14.7 Å². The molecule has 0 radical (unpaired) electrons. The summed E-state index contributed by atoms with van der Waals surface area (Å²) in [6, 6.07) is 14.8. The molecule has 4 rings (SSSR count). The monoisotopic (exact) mass is 393 g/mol. The summed E-state index contributed by atoms with van der Waals surface area (Å²) in [6.45, 7) is 2.03. The van der Waals surface area contributed by atoms with Gasteiger partial charge in [-0.2, -0.15) is 0 Å². The SMILES string of the molecule is Cc1cccc(CSc2nc3c(c(=O)[nH]2)[C@@H](c2cccc(O)c2)CC(=O)N3)c1. The number of rotatable bonds is 4. The molecule has 7 heteroatoms. The van der Waals surface area contributed by atoms with Crippen molar-refractivity contribution in [1.29, 1.82) is 0 Å². The summed E-state index contributed by atoms with van der Waals surface area (Å²) in [7, 11) is 0. The molecule has 0 spiro atoms. The molecule has 0 saturated heterocycles. The van der Waals surface area contributed by atoms with Crippen LogP contribution in [0, 0.1) is 6.92 Å². The molecule has 0 unspecified atom stereocenters. The number of phenols is 1. The lowest BCUT2D eigenvalue weighted by Gasteiger charge is -2.24. The molecule has 1 aliphatic heterocycles. The number of fused-ring (bicyclic) bond motifs is 1. The number of H-pyrrole nitrogens is 1. The van der Waals surface area contributed by atoms with Crippen molar-refractivity contribution in [3.63, 3.8) is 0 Å². The third kappa shape index (κ3) is 3.80. The van der Waals surface area contributed by atoms with E-state index in [1.54, 1.807) is 24.3 Å². The van der Waals surface area contributed by atoms with Crippen LogP contribution in [-0.2, 0) is 10.5 Å². The zero-order valence-corrected chi connectivity index (χ0v) is 16.0. The molecule has 0 bridgehead atoms. The molecule has 0 aliphatic carbocycles. The van der Waals surface area contributed by atoms with Crippen molar-refractivity contribution in [2.24, 2.45) is 0 Å². The van der Waals surface area contributed by atoms with Crippen molar-refractivity contribution in [2.45, 2.75) is 30.2 Å². The number of aryl methyl sites for hydroxylation is 1. The van der Waals surface area contributed by atoms with Crippen molar-refractivity contribution in [1.82, 2.24) is 9.97 Å². The number of amides is 1. The number of aromatic amines is 1. The minimum atomic E-state index is -0.442. The largest absolute Gasteiger partial charge is 0.508 e. The number of hydrogen-bond donors (Lipinski definition) is 3. The van der Waals surface area contributed by atoms with Crippen molar-refractivity contribution < 1.29 is 9.90 Å². The van der Waals surface area contributed by atoms with Crippen LogP contribution in [0.4, 0.5) is 5.82 Å². The fourth-order valence-corrected chi connectivity index (χ4v) is 4.20. The number of anilines is 1. The first-order valence-electron chi connectivity index (χ1n) is 8.91. The average Bonchev–Trinajstić information content (AvgIpc) is 2.65. The zero-order valence-electron chi connectivity index (χ0n) is 15.2. The zero-order chi connectivity index (χ0) is 19.7. The van der Waals surface area contributed by atoms with Crippen LogP contribution in [0.15, 0.2) is 58.5 Å². The maximum Gasteiger partial charge on any atom is 0.257 e. The van der Waals surface area contributed by atoms with Crippen LogP contribution in [0.25, 0.3) is 0 Å². The second-order valence-electron chi connectivity index (χ2n) is 6.81. The molecule has 1 aliphatic rings. The number of aromatic nitrogens is 2. The van der Waals surface area contributed by atoms with Crippen LogP contribution in [-0.4, -0.2) is 21.0 Å². The molecular formula is C21H19N3O3S. The van der Waals surface area contributed by atoms with E-state index < -0.39 is 5.92 Å². The molecule has 1 amide bonds. The summed E-state index contributed by atoms with van der Waals surface area (Å²) < 4.78 is 0. The van der Waals surface area contributed by atoms with E-state index >= 15 is 0 Å². The predicted molar refractivity (Wildman–Crippen MR) is 109 cm³/mol. The molecule has 28 heavy (non-hydrogen) atoms. The van der Waals surface area contributed by atoms with Gasteiger partial charge in [-0.1, -0.05) is 53.7 Å². The number of carbonyl (C=O) groups excluding carboxylic acids is 1. The van der Waals surface area contributed by atoms with Crippen molar-refractivity contribution in [3.05, 3.63) is 81.1 Å². The van der Waals surface area contributed by atoms with E-state index in [-0.39, 0.29) is 23.6 Å². The van der Waals surface area contributed by atoms with Crippen LogP contribution in [0.5, 0.6) is 5.75 Å². The van der Waals surface area contributed by atoms with Gasteiger partial charge in [-0.25, -0.2) is 4.98 Å². The highest BCUT2D eigenvalue weighted by atomic mass is 32.2. The maximum absolute atomic E-state index is 12.8. The van der Waals surface area contributed by atoms with E-state index in [1.165, 1.54) is 17.3 Å². The van der Waals surface area contributed by atoms with E-state index in [2.05, 4.69) is 21.4 Å². The Morgan fingerprint density at radius 2 is 2.00 bits per heavy atom. The van der Waals surface area contributed by atoms with E-state index in [0.29, 0.717) is 27.9 Å². The maximum atomic E-state index is 12.8. The molecule has 2 aromatic carbocycles. The highest BCUT2D eigenvalue weighted by molar-refractivity contribution is 7.98. The topological polar surface area (TPSA) is 95.1 Å². The van der Waals surface area contributed by atoms with Gasteiger partial charge < -0.3 is 15.4 Å². The molecule has 3 aromatic rings. The molecular weight excluding hydrogens is 374 g/mol. The lowest BCUT2D eigenvalue weighted by molar-refractivity contribution is -0.116. The summed E-state index contributed by atoms with van der Waals surface area (Å²) in [6.07, 6.45) is 0.136. The van der Waals surface area contributed by atoms with E-state index in [1.807, 2.05) is 25.1 Å².